The summed E-state index contributed by atoms with van der Waals surface area (Å²) in [6.45, 7) is 11.3. The van der Waals surface area contributed by atoms with Crippen LogP contribution >= 0.6 is 11.3 Å². The number of benzene rings is 1. The van der Waals surface area contributed by atoms with Gasteiger partial charge in [-0.1, -0.05) is 44.5 Å². The number of esters is 1. The predicted molar refractivity (Wildman–Crippen MR) is 135 cm³/mol. The number of imide groups is 1. The highest BCUT2D eigenvalue weighted by atomic mass is 32.1. The van der Waals surface area contributed by atoms with Crippen LogP contribution < -0.4 is 5.32 Å². The van der Waals surface area contributed by atoms with Crippen LogP contribution in [0.3, 0.4) is 0 Å². The maximum atomic E-state index is 13.3. The number of ether oxygens (including phenoxy) is 1. The molecule has 2 fully saturated rings. The average Bonchev–Trinajstić information content (AvgIpc) is 3.26. The zero-order chi connectivity index (χ0) is 25.7. The van der Waals surface area contributed by atoms with Gasteiger partial charge in [0.15, 0.2) is 0 Å². The number of fused-ring (bicyclic) bond motifs is 2. The van der Waals surface area contributed by atoms with E-state index >= 15 is 0 Å². The van der Waals surface area contributed by atoms with Gasteiger partial charge in [0.2, 0.25) is 17.7 Å². The average molecular weight is 497 g/mol. The van der Waals surface area contributed by atoms with Crippen LogP contribution in [0.4, 0.5) is 5.00 Å². The van der Waals surface area contributed by atoms with E-state index in [1.165, 1.54) is 11.3 Å². The molecule has 3 amide bonds. The minimum Gasteiger partial charge on any atom is -0.462 e. The molecule has 35 heavy (non-hydrogen) atoms. The van der Waals surface area contributed by atoms with Gasteiger partial charge < -0.3 is 10.1 Å². The van der Waals surface area contributed by atoms with E-state index in [1.54, 1.807) is 6.92 Å². The first kappa shape index (κ1) is 25.1. The SMILES string of the molecule is CCOC(=O)c1c(-c2ccc(C)cc2C)csc1NC(=O)CN1C(=O)C2CCC(C)(C1=O)C2(C)C. The second-order valence-corrected chi connectivity index (χ2v) is 11.2. The summed E-state index contributed by atoms with van der Waals surface area (Å²) in [6.07, 6.45) is 1.27. The molecule has 0 radical (unpaired) electrons. The fourth-order valence-electron chi connectivity index (χ4n) is 5.53. The highest BCUT2D eigenvalue weighted by Gasteiger charge is 2.64. The lowest BCUT2D eigenvalue weighted by Gasteiger charge is -2.47. The first-order valence-corrected chi connectivity index (χ1v) is 12.8. The third-order valence-corrected chi connectivity index (χ3v) is 8.90. The van der Waals surface area contributed by atoms with Crippen molar-refractivity contribution in [2.45, 2.75) is 54.4 Å². The van der Waals surface area contributed by atoms with E-state index < -0.39 is 22.7 Å². The first-order chi connectivity index (χ1) is 16.4. The molecular formula is C27H32N2O5S. The number of carbonyl (C=O) groups is 4. The van der Waals surface area contributed by atoms with Gasteiger partial charge in [-0.3, -0.25) is 19.3 Å². The van der Waals surface area contributed by atoms with Gasteiger partial charge in [0.1, 0.15) is 17.1 Å². The lowest BCUT2D eigenvalue weighted by Crippen LogP contribution is -2.60. The van der Waals surface area contributed by atoms with Crippen LogP contribution in [0.15, 0.2) is 23.6 Å². The normalized spacial score (nSPS) is 22.9. The van der Waals surface area contributed by atoms with Gasteiger partial charge >= 0.3 is 5.97 Å². The van der Waals surface area contributed by atoms with E-state index in [1.807, 2.05) is 58.2 Å². The molecular weight excluding hydrogens is 464 g/mol. The van der Waals surface area contributed by atoms with E-state index in [9.17, 15) is 19.2 Å². The molecule has 8 heteroatoms. The van der Waals surface area contributed by atoms with Gasteiger partial charge in [-0.25, -0.2) is 4.79 Å². The molecule has 0 spiro atoms. The van der Waals surface area contributed by atoms with Crippen LogP contribution in [0.5, 0.6) is 0 Å². The van der Waals surface area contributed by atoms with Crippen molar-refractivity contribution in [1.82, 2.24) is 4.90 Å². The van der Waals surface area contributed by atoms with Crippen LogP contribution in [-0.4, -0.2) is 41.7 Å². The van der Waals surface area contributed by atoms with Crippen LogP contribution in [0.25, 0.3) is 11.1 Å². The third-order valence-electron chi connectivity index (χ3n) is 8.00. The Labute approximate surface area is 209 Å². The van der Waals surface area contributed by atoms with Crippen LogP contribution in [0.2, 0.25) is 0 Å². The second kappa shape index (κ2) is 8.90. The van der Waals surface area contributed by atoms with E-state index in [2.05, 4.69) is 5.32 Å². The standard InChI is InChI=1S/C27H32N2O5S/c1-7-34-24(32)21-18(17-9-8-15(2)12-16(17)3)14-35-22(21)28-20(30)13-29-23(31)19-10-11-27(6,25(29)33)26(19,4)5/h8-9,12,14,19H,7,10-11,13H2,1-6H3,(H,28,30). The fraction of sp³-hybridized carbons (Fsp3) is 0.481. The third kappa shape index (κ3) is 3.97. The maximum absolute atomic E-state index is 13.3. The summed E-state index contributed by atoms with van der Waals surface area (Å²) in [5, 5.41) is 4.94. The fourth-order valence-corrected chi connectivity index (χ4v) is 6.50. The highest BCUT2D eigenvalue weighted by molar-refractivity contribution is 7.15. The number of piperidine rings is 1. The molecule has 1 aliphatic heterocycles. The Morgan fingerprint density at radius 3 is 2.54 bits per heavy atom. The predicted octanol–water partition coefficient (Wildman–Crippen LogP) is 4.96. The zero-order valence-corrected chi connectivity index (χ0v) is 21.9. The van der Waals surface area contributed by atoms with Gasteiger partial charge in [0.05, 0.1) is 12.0 Å². The van der Waals surface area contributed by atoms with Crippen LogP contribution in [0.1, 0.15) is 62.0 Å². The molecule has 2 aromatic rings. The lowest BCUT2D eigenvalue weighted by atomic mass is 9.62. The number of anilines is 1. The van der Waals surface area contributed by atoms with Crippen molar-refractivity contribution in [2.75, 3.05) is 18.5 Å². The number of thiophene rings is 1. The molecule has 2 unspecified atom stereocenters. The van der Waals surface area contributed by atoms with Crippen molar-refractivity contribution in [2.24, 2.45) is 16.7 Å². The minimum atomic E-state index is -0.680. The number of nitrogens with one attached hydrogen (secondary N) is 1. The monoisotopic (exact) mass is 496 g/mol. The van der Waals surface area contributed by atoms with E-state index in [-0.39, 0.29) is 36.4 Å². The van der Waals surface area contributed by atoms with Gasteiger partial charge in [-0.15, -0.1) is 11.3 Å². The Kier molecular flexibility index (Phi) is 6.38. The summed E-state index contributed by atoms with van der Waals surface area (Å²) in [5.41, 5.74) is 2.82. The Morgan fingerprint density at radius 1 is 1.17 bits per heavy atom. The summed E-state index contributed by atoms with van der Waals surface area (Å²) >= 11 is 1.22. The molecule has 2 heterocycles. The molecule has 2 aliphatic rings. The summed E-state index contributed by atoms with van der Waals surface area (Å²) < 4.78 is 5.29. The maximum Gasteiger partial charge on any atom is 0.341 e. The molecule has 7 nitrogen and oxygen atoms in total. The summed E-state index contributed by atoms with van der Waals surface area (Å²) in [7, 11) is 0. The zero-order valence-electron chi connectivity index (χ0n) is 21.1. The molecule has 1 aromatic heterocycles. The molecule has 1 aromatic carbocycles. The topological polar surface area (TPSA) is 92.8 Å². The molecule has 1 saturated heterocycles. The quantitative estimate of drug-likeness (QED) is 0.451. The summed E-state index contributed by atoms with van der Waals surface area (Å²) in [4.78, 5) is 53.4. The van der Waals surface area contributed by atoms with Crippen molar-refractivity contribution in [3.05, 3.63) is 40.3 Å². The summed E-state index contributed by atoms with van der Waals surface area (Å²) in [6, 6.07) is 5.95. The van der Waals surface area contributed by atoms with Crippen LogP contribution in [0, 0.1) is 30.6 Å². The molecule has 4 rings (SSSR count). The number of likely N-dealkylation sites (tertiary alicyclic amines) is 1. The smallest absolute Gasteiger partial charge is 0.341 e. The molecule has 186 valence electrons. The Balaban J connectivity index is 1.61. The van der Waals surface area contributed by atoms with E-state index in [0.29, 0.717) is 23.4 Å². The van der Waals surface area contributed by atoms with Gasteiger partial charge in [-0.2, -0.15) is 0 Å². The van der Waals surface area contributed by atoms with E-state index in [4.69, 9.17) is 4.74 Å². The molecule has 1 aliphatic carbocycles. The number of aryl methyl sites for hydroxylation is 2. The van der Waals surface area contributed by atoms with Gasteiger partial charge in [-0.05, 0) is 50.2 Å². The number of rotatable bonds is 6. The van der Waals surface area contributed by atoms with Gasteiger partial charge in [0, 0.05) is 16.9 Å². The minimum absolute atomic E-state index is 0.195. The Morgan fingerprint density at radius 2 is 1.89 bits per heavy atom. The van der Waals surface area contributed by atoms with Gasteiger partial charge in [0.25, 0.3) is 0 Å². The highest BCUT2D eigenvalue weighted by Crippen LogP contribution is 2.60. The Hall–Kier alpha value is -3.00. The second-order valence-electron chi connectivity index (χ2n) is 10.3. The molecule has 2 bridgehead atoms. The largest absolute Gasteiger partial charge is 0.462 e. The lowest BCUT2D eigenvalue weighted by molar-refractivity contribution is -0.168. The van der Waals surface area contributed by atoms with Crippen molar-refractivity contribution in [3.63, 3.8) is 0 Å². The number of amides is 3. The van der Waals surface area contributed by atoms with Crippen molar-refractivity contribution < 1.29 is 23.9 Å². The Bertz CT molecular complexity index is 1230. The number of carbonyl (C=O) groups excluding carboxylic acids is 4. The number of hydrogen-bond acceptors (Lipinski definition) is 6. The number of hydrogen-bond donors (Lipinski definition) is 1. The summed E-state index contributed by atoms with van der Waals surface area (Å²) in [5.74, 6) is -1.93. The molecule has 2 atom stereocenters. The van der Waals surface area contributed by atoms with E-state index in [0.717, 1.165) is 21.6 Å². The van der Waals surface area contributed by atoms with Crippen molar-refractivity contribution >= 4 is 40.0 Å². The molecule has 1 saturated carbocycles. The first-order valence-electron chi connectivity index (χ1n) is 11.9. The number of nitrogens with zero attached hydrogens (tertiary/aromatic N) is 1. The molecule has 1 N–H and O–H groups in total. The van der Waals surface area contributed by atoms with Crippen LogP contribution in [-0.2, 0) is 19.1 Å². The van der Waals surface area contributed by atoms with Crippen molar-refractivity contribution in [1.29, 1.82) is 0 Å². The van der Waals surface area contributed by atoms with Crippen molar-refractivity contribution in [3.8, 4) is 11.1 Å².